The molecule has 5 nitrogen and oxygen atoms in total. The molecule has 5 heteroatoms. The van der Waals surface area contributed by atoms with Crippen LogP contribution in [0.15, 0.2) is 0 Å². The van der Waals surface area contributed by atoms with Crippen LogP contribution in [0.4, 0.5) is 0 Å². The first-order valence-corrected chi connectivity index (χ1v) is 3.65. The molecule has 0 aliphatic heterocycles. The summed E-state index contributed by atoms with van der Waals surface area (Å²) in [6.07, 6.45) is -0.142. The molecule has 2 N–H and O–H groups in total. The predicted octanol–water partition coefficient (Wildman–Crippen LogP) is -0.446. The number of rotatable bonds is 5. The molecule has 0 saturated carbocycles. The first-order chi connectivity index (χ1) is 5.02. The summed E-state index contributed by atoms with van der Waals surface area (Å²) in [7, 11) is 0. The third-order valence-corrected chi connectivity index (χ3v) is 0.710. The number of hydrogen-bond acceptors (Lipinski definition) is 4. The van der Waals surface area contributed by atoms with Gasteiger partial charge in [-0.15, -0.1) is 5.48 Å². The van der Waals surface area contributed by atoms with Gasteiger partial charge in [0.1, 0.15) is 6.10 Å². The number of nitrogens with one attached hydrogen (secondary N) is 2. The van der Waals surface area contributed by atoms with Gasteiger partial charge < -0.3 is 5.21 Å². The Bertz CT molecular complexity index is 97.8. The quantitative estimate of drug-likeness (QED) is 0.540. The maximum atomic E-state index is 10.7. The van der Waals surface area contributed by atoms with Crippen LogP contribution >= 0.6 is 0 Å². The van der Waals surface area contributed by atoms with Gasteiger partial charge in [-0.3, -0.25) is 0 Å². The average Bonchev–Trinajstić information content (AvgIpc) is 1.82. The molecule has 0 aromatic carbocycles. The van der Waals surface area contributed by atoms with Gasteiger partial charge in [0.25, 0.3) is 0 Å². The second-order valence-corrected chi connectivity index (χ2v) is 2.79. The lowest BCUT2D eigenvalue weighted by Gasteiger charge is -2.19. The topological polar surface area (TPSA) is 58.0 Å². The predicted molar refractivity (Wildman–Crippen MR) is 39.9 cm³/mol. The van der Waals surface area contributed by atoms with Crippen molar-refractivity contribution in [3.63, 3.8) is 0 Å². The molecule has 0 aromatic heterocycles. The van der Waals surface area contributed by atoms with Gasteiger partial charge in [0.05, 0.1) is 0 Å². The first-order valence-electron chi connectivity index (χ1n) is 3.65. The molecule has 1 atom stereocenters. The Hall–Kier alpha value is -0.200. The van der Waals surface area contributed by atoms with E-state index in [1.165, 1.54) is 0 Å². The van der Waals surface area contributed by atoms with Crippen molar-refractivity contribution >= 4 is 0 Å². The van der Waals surface area contributed by atoms with Gasteiger partial charge in [-0.2, -0.15) is 4.84 Å². The molecule has 1 unspecified atom stereocenters. The van der Waals surface area contributed by atoms with E-state index in [2.05, 4.69) is 15.3 Å². The molecule has 0 bridgehead atoms. The fourth-order valence-electron chi connectivity index (χ4n) is 0.382. The van der Waals surface area contributed by atoms with E-state index in [1.54, 1.807) is 13.8 Å². The molecule has 0 spiro atoms. The summed E-state index contributed by atoms with van der Waals surface area (Å²) >= 11 is 0. The summed E-state index contributed by atoms with van der Waals surface area (Å²) in [6, 6.07) is 0.106. The second kappa shape index (κ2) is 5.45. The molecule has 0 aromatic rings. The molecule has 0 rings (SSSR count). The van der Waals surface area contributed by atoms with Crippen LogP contribution < -0.4 is 10.9 Å². The highest BCUT2D eigenvalue weighted by molar-refractivity contribution is 4.36. The number of hydrogen-bond donors (Lipinski definition) is 2. The standard InChI is InChI=1S/C6H16N2O3/c1-5(2)7-11-8(9)10-6(3)4/h5-8H,1-4H3. The Morgan fingerprint density at radius 3 is 2.18 bits per heavy atom. The Labute approximate surface area is 66.7 Å². The Morgan fingerprint density at radius 2 is 1.82 bits per heavy atom. The lowest BCUT2D eigenvalue weighted by atomic mass is 10.4. The van der Waals surface area contributed by atoms with E-state index < -0.39 is 5.39 Å². The van der Waals surface area contributed by atoms with E-state index >= 15 is 0 Å². The zero-order valence-corrected chi connectivity index (χ0v) is 7.38. The van der Waals surface area contributed by atoms with Crippen molar-refractivity contribution < 1.29 is 15.2 Å². The summed E-state index contributed by atoms with van der Waals surface area (Å²) in [5.41, 5.74) is 2.48. The maximum absolute atomic E-state index is 10.7. The Kier molecular flexibility index (Phi) is 5.35. The summed E-state index contributed by atoms with van der Waals surface area (Å²) in [4.78, 5) is 9.18. The largest absolute Gasteiger partial charge is 0.564 e. The molecule has 0 aliphatic rings. The van der Waals surface area contributed by atoms with Crippen molar-refractivity contribution in [2.45, 2.75) is 39.8 Å². The summed E-state index contributed by atoms with van der Waals surface area (Å²) in [6.45, 7) is 7.25. The van der Waals surface area contributed by atoms with Crippen molar-refractivity contribution in [2.75, 3.05) is 0 Å². The average molecular weight is 164 g/mol. The maximum Gasteiger partial charge on any atom is 0.116 e. The minimum Gasteiger partial charge on any atom is -0.564 e. The molecule has 0 aliphatic carbocycles. The Balaban J connectivity index is 3.29. The van der Waals surface area contributed by atoms with E-state index in [4.69, 9.17) is 0 Å². The van der Waals surface area contributed by atoms with Gasteiger partial charge >= 0.3 is 0 Å². The van der Waals surface area contributed by atoms with Crippen LogP contribution in [0.5, 0.6) is 0 Å². The summed E-state index contributed by atoms with van der Waals surface area (Å²) in [5, 5.41) is 9.96. The van der Waals surface area contributed by atoms with Crippen molar-refractivity contribution in [1.29, 1.82) is 0 Å². The molecule has 0 saturated heterocycles. The summed E-state index contributed by atoms with van der Waals surface area (Å²) < 4.78 is 0. The zero-order valence-electron chi connectivity index (χ0n) is 7.38. The van der Waals surface area contributed by atoms with Gasteiger partial charge in [0.2, 0.25) is 0 Å². The van der Waals surface area contributed by atoms with Crippen LogP contribution in [0.1, 0.15) is 27.7 Å². The van der Waals surface area contributed by atoms with Crippen LogP contribution in [0.3, 0.4) is 0 Å². The van der Waals surface area contributed by atoms with Gasteiger partial charge in [0, 0.05) is 6.04 Å². The monoisotopic (exact) mass is 164 g/mol. The number of hydroxylamine groups is 1. The minimum atomic E-state index is -0.686. The highest BCUT2D eigenvalue weighted by Crippen LogP contribution is 1.77. The van der Waals surface area contributed by atoms with Crippen molar-refractivity contribution in [3.05, 3.63) is 5.21 Å². The van der Waals surface area contributed by atoms with E-state index in [0.717, 1.165) is 0 Å². The van der Waals surface area contributed by atoms with Crippen molar-refractivity contribution in [1.82, 2.24) is 5.48 Å². The molecule has 0 heterocycles. The van der Waals surface area contributed by atoms with E-state index in [0.29, 0.717) is 0 Å². The third-order valence-electron chi connectivity index (χ3n) is 0.710. The van der Waals surface area contributed by atoms with E-state index in [-0.39, 0.29) is 12.1 Å². The minimum absolute atomic E-state index is 0.106. The van der Waals surface area contributed by atoms with Crippen LogP contribution in [0, 0.1) is 5.21 Å². The molecular weight excluding hydrogens is 148 g/mol. The Morgan fingerprint density at radius 1 is 1.27 bits per heavy atom. The SMILES string of the molecule is CC(C)NO[NH+]([O-])OC(C)C. The van der Waals surface area contributed by atoms with Crippen LogP contribution in [0.25, 0.3) is 0 Å². The second-order valence-electron chi connectivity index (χ2n) is 2.79. The molecule has 11 heavy (non-hydrogen) atoms. The van der Waals surface area contributed by atoms with Gasteiger partial charge in [-0.1, -0.05) is 10.3 Å². The summed E-state index contributed by atoms with van der Waals surface area (Å²) in [5.74, 6) is 0. The van der Waals surface area contributed by atoms with Crippen molar-refractivity contribution in [3.8, 4) is 0 Å². The fraction of sp³-hybridized carbons (Fsp3) is 1.00. The molecule has 0 radical (unpaired) electrons. The highest BCUT2D eigenvalue weighted by atomic mass is 17.2. The van der Waals surface area contributed by atoms with Gasteiger partial charge in [-0.05, 0) is 27.7 Å². The van der Waals surface area contributed by atoms with Gasteiger partial charge in [-0.25, -0.2) is 0 Å². The van der Waals surface area contributed by atoms with E-state index in [1.807, 2.05) is 13.8 Å². The molecular formula is C6H16N2O3. The lowest BCUT2D eigenvalue weighted by molar-refractivity contribution is -1.22. The smallest absolute Gasteiger partial charge is 0.116 e. The molecule has 0 fully saturated rings. The van der Waals surface area contributed by atoms with Crippen LogP contribution in [0.2, 0.25) is 0 Å². The molecule has 0 amide bonds. The normalized spacial score (nSPS) is 14.5. The first kappa shape index (κ1) is 10.8. The third kappa shape index (κ3) is 7.70. The van der Waals surface area contributed by atoms with Gasteiger partial charge in [0.15, 0.2) is 0 Å². The number of quaternary nitrogens is 1. The fourth-order valence-corrected chi connectivity index (χ4v) is 0.382. The zero-order chi connectivity index (χ0) is 8.85. The molecule has 68 valence electrons. The highest BCUT2D eigenvalue weighted by Gasteiger charge is 2.03. The van der Waals surface area contributed by atoms with Crippen LogP contribution in [-0.4, -0.2) is 12.1 Å². The van der Waals surface area contributed by atoms with Crippen LogP contribution in [-0.2, 0) is 9.78 Å². The lowest BCUT2D eigenvalue weighted by Crippen LogP contribution is -3.07. The van der Waals surface area contributed by atoms with E-state index in [9.17, 15) is 5.21 Å². The van der Waals surface area contributed by atoms with Crippen molar-refractivity contribution in [2.24, 2.45) is 0 Å².